The molecular formula is C36H38N4O6S. The second kappa shape index (κ2) is 16.1. The quantitative estimate of drug-likeness (QED) is 0.159. The Hall–Kier alpha value is -4.87. The molecule has 0 aliphatic carbocycles. The van der Waals surface area contributed by atoms with Crippen molar-refractivity contribution in [3.8, 4) is 11.5 Å². The third kappa shape index (κ3) is 8.90. The molecule has 1 aliphatic rings. The van der Waals surface area contributed by atoms with Crippen LogP contribution >= 0.6 is 11.8 Å². The summed E-state index contributed by atoms with van der Waals surface area (Å²) in [4.78, 5) is 54.9. The molecule has 1 heterocycles. The van der Waals surface area contributed by atoms with E-state index >= 15 is 0 Å². The molecule has 0 spiro atoms. The first-order valence-corrected chi connectivity index (χ1v) is 16.7. The maximum absolute atomic E-state index is 13.9. The number of carbonyl (C=O) groups is 4. The zero-order chi connectivity index (χ0) is 33.2. The lowest BCUT2D eigenvalue weighted by Crippen LogP contribution is -2.60. The Bertz CT molecular complexity index is 1720. The molecule has 1 aliphatic heterocycles. The Kier molecular flexibility index (Phi) is 11.5. The third-order valence-corrected chi connectivity index (χ3v) is 8.81. The summed E-state index contributed by atoms with van der Waals surface area (Å²) in [5, 5.41) is 17.2. The molecule has 1 saturated heterocycles. The largest absolute Gasteiger partial charge is 0.457 e. The number of aliphatic hydroxyl groups excluding tert-OH is 1. The molecule has 10 nitrogen and oxygen atoms in total. The number of thioether (sulfide) groups is 1. The molecule has 0 aromatic heterocycles. The molecule has 0 unspecified atom stereocenters. The number of rotatable bonds is 13. The molecule has 0 saturated carbocycles. The van der Waals surface area contributed by atoms with Crippen LogP contribution in [0.25, 0.3) is 10.8 Å². The number of ether oxygens (including phenoxy) is 1. The van der Waals surface area contributed by atoms with Gasteiger partial charge in [0.1, 0.15) is 29.6 Å². The van der Waals surface area contributed by atoms with Crippen LogP contribution in [0.5, 0.6) is 11.5 Å². The number of primary amides is 1. The number of carbonyl (C=O) groups excluding carboxylic acids is 4. The number of aliphatic hydroxyl groups is 1. The molecule has 5 rings (SSSR count). The van der Waals surface area contributed by atoms with Crippen LogP contribution in [0.1, 0.15) is 35.2 Å². The second-order valence-corrected chi connectivity index (χ2v) is 12.4. The first kappa shape index (κ1) is 33.5. The zero-order valence-corrected chi connectivity index (χ0v) is 26.7. The molecule has 4 aromatic rings. The molecule has 0 bridgehead atoms. The normalized spacial score (nSPS) is 15.8. The minimum Gasteiger partial charge on any atom is -0.457 e. The molecule has 1 fully saturated rings. The van der Waals surface area contributed by atoms with Gasteiger partial charge in [0.15, 0.2) is 0 Å². The number of nitrogens with one attached hydrogen (secondary N) is 2. The minimum absolute atomic E-state index is 0.0952. The van der Waals surface area contributed by atoms with Crippen LogP contribution in [0.3, 0.4) is 0 Å². The van der Waals surface area contributed by atoms with Gasteiger partial charge in [-0.1, -0.05) is 66.7 Å². The minimum atomic E-state index is -1.02. The Morgan fingerprint density at radius 3 is 2.36 bits per heavy atom. The summed E-state index contributed by atoms with van der Waals surface area (Å²) in [6, 6.07) is 26.6. The number of amides is 4. The fourth-order valence-corrected chi connectivity index (χ4v) is 6.24. The van der Waals surface area contributed by atoms with Crippen molar-refractivity contribution in [2.75, 3.05) is 18.2 Å². The van der Waals surface area contributed by atoms with E-state index in [-0.39, 0.29) is 23.7 Å². The van der Waals surface area contributed by atoms with Gasteiger partial charge in [0.25, 0.3) is 5.91 Å². The van der Waals surface area contributed by atoms with Gasteiger partial charge in [-0.05, 0) is 65.9 Å². The van der Waals surface area contributed by atoms with E-state index in [1.807, 2.05) is 60.7 Å². The first-order chi connectivity index (χ1) is 22.8. The lowest BCUT2D eigenvalue weighted by Gasteiger charge is -2.37. The lowest BCUT2D eigenvalue weighted by molar-refractivity contribution is -0.144. The van der Waals surface area contributed by atoms with Gasteiger partial charge in [0.2, 0.25) is 17.7 Å². The summed E-state index contributed by atoms with van der Waals surface area (Å²) in [6.07, 6.45) is 1.99. The predicted molar refractivity (Wildman–Crippen MR) is 182 cm³/mol. The van der Waals surface area contributed by atoms with E-state index in [9.17, 15) is 24.3 Å². The monoisotopic (exact) mass is 654 g/mol. The Balaban J connectivity index is 1.28. The lowest BCUT2D eigenvalue weighted by atomic mass is 9.98. The molecule has 47 heavy (non-hydrogen) atoms. The molecule has 244 valence electrons. The Morgan fingerprint density at radius 2 is 1.60 bits per heavy atom. The molecule has 4 amide bonds. The number of hydrogen-bond acceptors (Lipinski definition) is 7. The van der Waals surface area contributed by atoms with Crippen LogP contribution in [0, 0.1) is 0 Å². The summed E-state index contributed by atoms with van der Waals surface area (Å²) in [6.45, 7) is 0.305. The molecule has 11 heteroatoms. The van der Waals surface area contributed by atoms with Gasteiger partial charge in [0, 0.05) is 24.3 Å². The number of hydrogen-bond donors (Lipinski definition) is 4. The Labute approximate surface area is 277 Å². The smallest absolute Gasteiger partial charge is 0.252 e. The average Bonchev–Trinajstić information content (AvgIpc) is 3.09. The number of nitrogens with two attached hydrogens (primary N) is 1. The van der Waals surface area contributed by atoms with Crippen molar-refractivity contribution in [3.05, 3.63) is 108 Å². The van der Waals surface area contributed by atoms with E-state index < -0.39 is 41.8 Å². The summed E-state index contributed by atoms with van der Waals surface area (Å²) < 4.78 is 5.86. The average molecular weight is 655 g/mol. The van der Waals surface area contributed by atoms with Crippen LogP contribution in [0.15, 0.2) is 97.1 Å². The number of likely N-dealkylation sites (tertiary alicyclic amines) is 1. The van der Waals surface area contributed by atoms with Gasteiger partial charge < -0.3 is 31.1 Å². The maximum atomic E-state index is 13.9. The number of benzene rings is 4. The van der Waals surface area contributed by atoms with Crippen molar-refractivity contribution in [1.82, 2.24) is 15.5 Å². The highest BCUT2D eigenvalue weighted by Crippen LogP contribution is 2.23. The molecule has 0 radical (unpaired) electrons. The number of fused-ring (bicyclic) bond motifs is 1. The van der Waals surface area contributed by atoms with E-state index in [4.69, 9.17) is 10.5 Å². The van der Waals surface area contributed by atoms with E-state index in [0.717, 1.165) is 28.1 Å². The van der Waals surface area contributed by atoms with Crippen molar-refractivity contribution in [2.24, 2.45) is 5.73 Å². The van der Waals surface area contributed by atoms with Gasteiger partial charge in [0.05, 0.1) is 5.94 Å². The van der Waals surface area contributed by atoms with E-state index in [1.54, 1.807) is 36.4 Å². The van der Waals surface area contributed by atoms with Crippen LogP contribution < -0.4 is 21.1 Å². The number of para-hydroxylation sites is 1. The summed E-state index contributed by atoms with van der Waals surface area (Å²) in [5.74, 6) is -1.18. The standard InChI is InChI=1S/C36H38N4O6S/c37-33(42)30(20-24-16-17-25-9-4-5-10-26(25)19-24)38-35(44)32-15-6-7-18-40(32)36(45)31(22-47-23-41)39-34(43)27-11-8-14-29(21-27)46-28-12-2-1-3-13-28/h1-5,8-14,16-17,19,21,30-32,41H,6-7,15,18,20,22-23H2,(H2,37,42)(H,38,44)(H,39,43)/t30-,31-,32-/m0/s1. The number of nitrogens with zero attached hydrogens (tertiary/aromatic N) is 1. The van der Waals surface area contributed by atoms with Gasteiger partial charge in [-0.3, -0.25) is 19.2 Å². The highest BCUT2D eigenvalue weighted by atomic mass is 32.2. The van der Waals surface area contributed by atoms with Gasteiger partial charge in [-0.2, -0.15) is 0 Å². The van der Waals surface area contributed by atoms with Crippen molar-refractivity contribution >= 4 is 46.2 Å². The molecule has 4 aromatic carbocycles. The van der Waals surface area contributed by atoms with E-state index in [2.05, 4.69) is 10.6 Å². The van der Waals surface area contributed by atoms with Crippen molar-refractivity contribution in [2.45, 2.75) is 43.8 Å². The van der Waals surface area contributed by atoms with E-state index in [0.29, 0.717) is 37.3 Å². The fourth-order valence-electron chi connectivity index (χ4n) is 5.67. The zero-order valence-electron chi connectivity index (χ0n) is 25.8. The second-order valence-electron chi connectivity index (χ2n) is 11.4. The Morgan fingerprint density at radius 1 is 0.851 bits per heavy atom. The summed E-state index contributed by atoms with van der Waals surface area (Å²) in [5.41, 5.74) is 6.85. The van der Waals surface area contributed by atoms with E-state index in [1.165, 1.54) is 4.90 Å². The summed E-state index contributed by atoms with van der Waals surface area (Å²) in [7, 11) is 0. The van der Waals surface area contributed by atoms with Crippen LogP contribution in [-0.2, 0) is 20.8 Å². The maximum Gasteiger partial charge on any atom is 0.252 e. The SMILES string of the molecule is NC(=O)[C@H](Cc1ccc2ccccc2c1)NC(=O)[C@@H]1CCCCN1C(=O)[C@H](CSCO)NC(=O)c1cccc(Oc2ccccc2)c1. The highest BCUT2D eigenvalue weighted by molar-refractivity contribution is 7.99. The summed E-state index contributed by atoms with van der Waals surface area (Å²) >= 11 is 1.08. The van der Waals surface area contributed by atoms with Crippen molar-refractivity contribution < 1.29 is 29.0 Å². The highest BCUT2D eigenvalue weighted by Gasteiger charge is 2.37. The van der Waals surface area contributed by atoms with Gasteiger partial charge in [-0.25, -0.2) is 0 Å². The first-order valence-electron chi connectivity index (χ1n) is 15.5. The molecule has 3 atom stereocenters. The van der Waals surface area contributed by atoms with Crippen molar-refractivity contribution in [3.63, 3.8) is 0 Å². The predicted octanol–water partition coefficient (Wildman–Crippen LogP) is 4.01. The molecule has 5 N–H and O–H groups in total. The van der Waals surface area contributed by atoms with Crippen LogP contribution in [0.4, 0.5) is 0 Å². The number of piperidine rings is 1. The van der Waals surface area contributed by atoms with Gasteiger partial charge >= 0.3 is 0 Å². The molecular weight excluding hydrogens is 616 g/mol. The third-order valence-electron chi connectivity index (χ3n) is 8.06. The topological polar surface area (TPSA) is 151 Å². The van der Waals surface area contributed by atoms with Crippen LogP contribution in [0.2, 0.25) is 0 Å². The fraction of sp³-hybridized carbons (Fsp3) is 0.278. The van der Waals surface area contributed by atoms with Gasteiger partial charge in [-0.15, -0.1) is 11.8 Å². The van der Waals surface area contributed by atoms with Crippen molar-refractivity contribution in [1.29, 1.82) is 0 Å². The van der Waals surface area contributed by atoms with Crippen LogP contribution in [-0.4, -0.2) is 70.0 Å².